The predicted octanol–water partition coefficient (Wildman–Crippen LogP) is 3.28. The van der Waals surface area contributed by atoms with Crippen molar-refractivity contribution in [3.05, 3.63) is 45.5 Å². The number of rotatable bonds is 1. The fourth-order valence-corrected chi connectivity index (χ4v) is 1.51. The maximum absolute atomic E-state index is 8.64. The summed E-state index contributed by atoms with van der Waals surface area (Å²) in [4.78, 5) is 0. The summed E-state index contributed by atoms with van der Waals surface area (Å²) in [6.45, 7) is 1.83. The van der Waals surface area contributed by atoms with Crippen molar-refractivity contribution in [2.24, 2.45) is 0 Å². The highest BCUT2D eigenvalue weighted by atomic mass is 35.5. The Balaban J connectivity index is 2.93. The standard InChI is InChI=1S/C12H10Cl2O/c1-9(4-5-15)2-3-10-6-11(13)8-12(14)7-10/h4,6-8,15H,5H2,1H3/b9-4-. The third-order valence-electron chi connectivity index (χ3n) is 1.66. The minimum absolute atomic E-state index is 0.00316. The Kier molecular flexibility index (Phi) is 4.71. The molecule has 0 fully saturated rings. The van der Waals surface area contributed by atoms with E-state index in [1.54, 1.807) is 24.3 Å². The molecule has 0 saturated heterocycles. The molecule has 0 saturated carbocycles. The first-order valence-corrected chi connectivity index (χ1v) is 5.13. The monoisotopic (exact) mass is 240 g/mol. The van der Waals surface area contributed by atoms with E-state index in [9.17, 15) is 0 Å². The van der Waals surface area contributed by atoms with Crippen molar-refractivity contribution in [2.45, 2.75) is 6.92 Å². The SMILES string of the molecule is C/C(C#Cc1cc(Cl)cc(Cl)c1)=C/CO. The first kappa shape index (κ1) is 12.1. The van der Waals surface area contributed by atoms with Crippen LogP contribution < -0.4 is 0 Å². The van der Waals surface area contributed by atoms with Gasteiger partial charge in [-0.15, -0.1) is 0 Å². The second-order valence-electron chi connectivity index (χ2n) is 2.98. The van der Waals surface area contributed by atoms with Crippen LogP contribution in [0.15, 0.2) is 29.8 Å². The highest BCUT2D eigenvalue weighted by Crippen LogP contribution is 2.18. The van der Waals surface area contributed by atoms with Crippen molar-refractivity contribution in [1.82, 2.24) is 0 Å². The molecule has 1 aromatic rings. The summed E-state index contributed by atoms with van der Waals surface area (Å²) < 4.78 is 0. The van der Waals surface area contributed by atoms with E-state index in [0.29, 0.717) is 10.0 Å². The summed E-state index contributed by atoms with van der Waals surface area (Å²) in [7, 11) is 0. The van der Waals surface area contributed by atoms with Crippen LogP contribution in [0.3, 0.4) is 0 Å². The molecule has 0 spiro atoms. The second kappa shape index (κ2) is 5.82. The van der Waals surface area contributed by atoms with E-state index >= 15 is 0 Å². The van der Waals surface area contributed by atoms with E-state index in [-0.39, 0.29) is 6.61 Å². The zero-order chi connectivity index (χ0) is 11.3. The molecule has 0 aliphatic rings. The average Bonchev–Trinajstić information content (AvgIpc) is 2.14. The Morgan fingerprint density at radius 3 is 2.47 bits per heavy atom. The Labute approximate surface area is 99.3 Å². The molecule has 0 aliphatic heterocycles. The zero-order valence-electron chi connectivity index (χ0n) is 8.22. The Morgan fingerprint density at radius 2 is 1.93 bits per heavy atom. The first-order valence-electron chi connectivity index (χ1n) is 4.37. The van der Waals surface area contributed by atoms with E-state index in [2.05, 4.69) is 11.8 Å². The van der Waals surface area contributed by atoms with Gasteiger partial charge in [0.05, 0.1) is 6.61 Å². The lowest BCUT2D eigenvalue weighted by Crippen LogP contribution is -1.78. The van der Waals surface area contributed by atoms with Crippen LogP contribution in [0.5, 0.6) is 0 Å². The minimum atomic E-state index is -0.00316. The number of benzene rings is 1. The number of aliphatic hydroxyl groups is 1. The highest BCUT2D eigenvalue weighted by molar-refractivity contribution is 6.34. The molecule has 0 unspecified atom stereocenters. The van der Waals surface area contributed by atoms with Gasteiger partial charge in [-0.1, -0.05) is 35.0 Å². The Bertz CT molecular complexity index is 418. The lowest BCUT2D eigenvalue weighted by atomic mass is 10.2. The van der Waals surface area contributed by atoms with Crippen molar-refractivity contribution in [3.63, 3.8) is 0 Å². The molecule has 0 amide bonds. The maximum Gasteiger partial charge on any atom is 0.0624 e. The molecule has 0 bridgehead atoms. The van der Waals surface area contributed by atoms with Crippen molar-refractivity contribution < 1.29 is 5.11 Å². The van der Waals surface area contributed by atoms with Gasteiger partial charge in [0.1, 0.15) is 0 Å². The molecular formula is C12H10Cl2O. The number of hydrogen-bond donors (Lipinski definition) is 1. The van der Waals surface area contributed by atoms with Gasteiger partial charge in [-0.05, 0) is 36.8 Å². The summed E-state index contributed by atoms with van der Waals surface area (Å²) in [6.07, 6.45) is 1.64. The summed E-state index contributed by atoms with van der Waals surface area (Å²) >= 11 is 11.6. The predicted molar refractivity (Wildman–Crippen MR) is 64.2 cm³/mol. The Morgan fingerprint density at radius 1 is 1.33 bits per heavy atom. The average molecular weight is 241 g/mol. The van der Waals surface area contributed by atoms with Gasteiger partial charge in [0, 0.05) is 15.6 Å². The number of allylic oxidation sites excluding steroid dienone is 1. The third kappa shape index (κ3) is 4.40. The molecule has 0 aromatic heterocycles. The van der Waals surface area contributed by atoms with Crippen LogP contribution in [0.1, 0.15) is 12.5 Å². The van der Waals surface area contributed by atoms with Gasteiger partial charge in [0.15, 0.2) is 0 Å². The van der Waals surface area contributed by atoms with E-state index in [1.807, 2.05) is 6.92 Å². The number of halogens is 2. The summed E-state index contributed by atoms with van der Waals surface area (Å²) in [5.41, 5.74) is 1.58. The van der Waals surface area contributed by atoms with Gasteiger partial charge < -0.3 is 5.11 Å². The molecule has 3 heteroatoms. The van der Waals surface area contributed by atoms with Crippen LogP contribution in [0.2, 0.25) is 10.0 Å². The van der Waals surface area contributed by atoms with Gasteiger partial charge in [0.25, 0.3) is 0 Å². The largest absolute Gasteiger partial charge is 0.392 e. The third-order valence-corrected chi connectivity index (χ3v) is 2.10. The normalized spacial score (nSPS) is 10.8. The smallest absolute Gasteiger partial charge is 0.0624 e. The molecule has 0 aliphatic carbocycles. The quantitative estimate of drug-likeness (QED) is 0.748. The van der Waals surface area contributed by atoms with Crippen molar-refractivity contribution in [1.29, 1.82) is 0 Å². The van der Waals surface area contributed by atoms with E-state index in [0.717, 1.165) is 11.1 Å². The van der Waals surface area contributed by atoms with Crippen molar-refractivity contribution >= 4 is 23.2 Å². The van der Waals surface area contributed by atoms with Crippen LogP contribution in [-0.4, -0.2) is 11.7 Å². The van der Waals surface area contributed by atoms with E-state index in [4.69, 9.17) is 28.3 Å². The highest BCUT2D eigenvalue weighted by Gasteiger charge is 1.94. The fourth-order valence-electron chi connectivity index (χ4n) is 0.985. The topological polar surface area (TPSA) is 20.2 Å². The molecule has 78 valence electrons. The maximum atomic E-state index is 8.64. The zero-order valence-corrected chi connectivity index (χ0v) is 9.73. The van der Waals surface area contributed by atoms with Crippen LogP contribution in [0.4, 0.5) is 0 Å². The second-order valence-corrected chi connectivity index (χ2v) is 3.85. The summed E-state index contributed by atoms with van der Waals surface area (Å²) in [5.74, 6) is 5.80. The molecule has 1 rings (SSSR count). The van der Waals surface area contributed by atoms with Crippen LogP contribution in [-0.2, 0) is 0 Å². The van der Waals surface area contributed by atoms with Gasteiger partial charge in [-0.25, -0.2) is 0 Å². The number of aliphatic hydroxyl groups excluding tert-OH is 1. The van der Waals surface area contributed by atoms with Crippen LogP contribution >= 0.6 is 23.2 Å². The molecule has 0 heterocycles. The van der Waals surface area contributed by atoms with E-state index < -0.39 is 0 Å². The fraction of sp³-hybridized carbons (Fsp3) is 0.167. The van der Waals surface area contributed by atoms with E-state index in [1.165, 1.54) is 0 Å². The lowest BCUT2D eigenvalue weighted by Gasteiger charge is -1.94. The van der Waals surface area contributed by atoms with Crippen molar-refractivity contribution in [3.8, 4) is 11.8 Å². The molecule has 0 radical (unpaired) electrons. The molecule has 1 N–H and O–H groups in total. The van der Waals surface area contributed by atoms with Crippen LogP contribution in [0, 0.1) is 11.8 Å². The molecule has 0 atom stereocenters. The molecule has 15 heavy (non-hydrogen) atoms. The van der Waals surface area contributed by atoms with Gasteiger partial charge >= 0.3 is 0 Å². The molecule has 1 aromatic carbocycles. The minimum Gasteiger partial charge on any atom is -0.392 e. The summed E-state index contributed by atoms with van der Waals surface area (Å²) in [5, 5.41) is 9.77. The van der Waals surface area contributed by atoms with Gasteiger partial charge in [-0.3, -0.25) is 0 Å². The van der Waals surface area contributed by atoms with Crippen molar-refractivity contribution in [2.75, 3.05) is 6.61 Å². The lowest BCUT2D eigenvalue weighted by molar-refractivity contribution is 0.342. The summed E-state index contributed by atoms with van der Waals surface area (Å²) in [6, 6.07) is 5.14. The molecule has 1 nitrogen and oxygen atoms in total. The number of hydrogen-bond acceptors (Lipinski definition) is 1. The Hall–Kier alpha value is -0.940. The van der Waals surface area contributed by atoms with Gasteiger partial charge in [-0.2, -0.15) is 0 Å². The first-order chi connectivity index (χ1) is 7.11. The van der Waals surface area contributed by atoms with Crippen LogP contribution in [0.25, 0.3) is 0 Å². The van der Waals surface area contributed by atoms with Gasteiger partial charge in [0.2, 0.25) is 0 Å². The molecular weight excluding hydrogens is 231 g/mol.